The molecule has 0 amide bonds. The molecule has 1 aliphatic rings. The fourth-order valence-electron chi connectivity index (χ4n) is 2.85. The minimum atomic E-state index is -1.65. The number of cyclic esters (lactones) is 2. The van der Waals surface area contributed by atoms with Gasteiger partial charge in [0.05, 0.1) is 0 Å². The molecule has 140 valence electrons. The molecule has 0 saturated carbocycles. The van der Waals surface area contributed by atoms with Crippen molar-refractivity contribution < 1.29 is 28.9 Å². The minimum absolute atomic E-state index is 0.0751. The largest absolute Gasteiger partial charge is 0.451 e. The maximum atomic E-state index is 12.9. The molecule has 1 saturated heterocycles. The van der Waals surface area contributed by atoms with E-state index in [-0.39, 0.29) is 12.7 Å². The zero-order chi connectivity index (χ0) is 19.6. The number of rotatable bonds is 6. The van der Waals surface area contributed by atoms with Gasteiger partial charge in [0.1, 0.15) is 0 Å². The summed E-state index contributed by atoms with van der Waals surface area (Å²) >= 11 is 9.52. The lowest BCUT2D eigenvalue weighted by molar-refractivity contribution is -0.238. The van der Waals surface area contributed by atoms with E-state index in [1.165, 1.54) is 20.7 Å². The highest BCUT2D eigenvalue weighted by Crippen LogP contribution is 2.30. The molecule has 9 heteroatoms. The van der Waals surface area contributed by atoms with Gasteiger partial charge in [0.25, 0.3) is 12.7 Å². The second kappa shape index (κ2) is 8.11. The average molecular weight is 446 g/mol. The molecule has 1 fully saturated rings. The Morgan fingerprint density at radius 2 is 1.92 bits per heavy atom. The normalized spacial score (nSPS) is 18.1. The molecule has 0 bridgehead atoms. The predicted molar refractivity (Wildman–Crippen MR) is 99.7 cm³/mol. The van der Waals surface area contributed by atoms with Gasteiger partial charge in [-0.2, -0.15) is 0 Å². The van der Waals surface area contributed by atoms with Crippen molar-refractivity contribution in [2.24, 2.45) is 11.8 Å². The van der Waals surface area contributed by atoms with Crippen molar-refractivity contribution in [1.29, 1.82) is 0 Å². The highest BCUT2D eigenvalue weighted by Gasteiger charge is 2.49. The van der Waals surface area contributed by atoms with Crippen LogP contribution in [0.25, 0.3) is 0 Å². The van der Waals surface area contributed by atoms with Gasteiger partial charge in [0.15, 0.2) is 5.78 Å². The smallest absolute Gasteiger partial charge is 0.331 e. The van der Waals surface area contributed by atoms with Gasteiger partial charge in [-0.05, 0) is 30.4 Å². The Bertz CT molecular complexity index is 716. The molecule has 6 nitrogen and oxygen atoms in total. The Labute approximate surface area is 165 Å². The van der Waals surface area contributed by atoms with Crippen LogP contribution in [-0.4, -0.2) is 35.4 Å². The number of Topliss-reactive ketones (excluding diaryl/α,β-unsaturated/α-hetero) is 1. The molecule has 1 aromatic carbocycles. The number of hydrogen-bond donors (Lipinski definition) is 1. The second-order valence-corrected chi connectivity index (χ2v) is 8.12. The molecule has 0 unspecified atom stereocenters. The first-order valence-corrected chi connectivity index (χ1v) is 9.28. The lowest BCUT2D eigenvalue weighted by Gasteiger charge is -2.33. The SMILES string of the molecule is CB(O)C[C@H](Cc1ccc(Br)cc1Cl)C(=O)C1C(=O)OC(C)(C)OC1=O. The number of halogens is 2. The van der Waals surface area contributed by atoms with Crippen LogP contribution in [0.5, 0.6) is 0 Å². The van der Waals surface area contributed by atoms with Crippen LogP contribution in [0, 0.1) is 11.8 Å². The van der Waals surface area contributed by atoms with E-state index in [9.17, 15) is 19.4 Å². The van der Waals surface area contributed by atoms with Crippen molar-refractivity contribution in [1.82, 2.24) is 0 Å². The predicted octanol–water partition coefficient (Wildman–Crippen LogP) is 2.90. The van der Waals surface area contributed by atoms with E-state index in [2.05, 4.69) is 15.9 Å². The topological polar surface area (TPSA) is 89.9 Å². The molecule has 1 N–H and O–H groups in total. The fraction of sp³-hybridized carbons (Fsp3) is 0.471. The lowest BCUT2D eigenvalue weighted by Crippen LogP contribution is -2.50. The number of carbonyl (C=O) groups excluding carboxylic acids is 3. The van der Waals surface area contributed by atoms with Gasteiger partial charge in [-0.1, -0.05) is 40.4 Å². The molecule has 0 radical (unpaired) electrons. The standard InChI is InChI=1S/C17H19BBrClO6/c1-17(2)25-15(22)13(16(23)26-17)14(21)10(8-18(3)24)6-9-4-5-11(19)7-12(9)20/h4-5,7,10,13,24H,6,8H2,1-3H3/t10-/m0/s1. The summed E-state index contributed by atoms with van der Waals surface area (Å²) < 4.78 is 10.8. The van der Waals surface area contributed by atoms with E-state index in [0.29, 0.717) is 10.6 Å². The van der Waals surface area contributed by atoms with Crippen LogP contribution in [0.15, 0.2) is 22.7 Å². The molecule has 0 aliphatic carbocycles. The molecule has 26 heavy (non-hydrogen) atoms. The Kier molecular flexibility index (Phi) is 6.53. The van der Waals surface area contributed by atoms with E-state index in [0.717, 1.165) is 4.47 Å². The van der Waals surface area contributed by atoms with Crippen LogP contribution in [0.4, 0.5) is 0 Å². The molecule has 0 spiro atoms. The number of esters is 2. The number of ether oxygens (including phenoxy) is 2. The highest BCUT2D eigenvalue weighted by molar-refractivity contribution is 9.10. The van der Waals surface area contributed by atoms with Crippen LogP contribution in [0.1, 0.15) is 19.4 Å². The third-order valence-corrected chi connectivity index (χ3v) is 4.80. The van der Waals surface area contributed by atoms with Gasteiger partial charge in [0.2, 0.25) is 5.92 Å². The van der Waals surface area contributed by atoms with Crippen LogP contribution in [-0.2, 0) is 30.3 Å². The molecule has 1 heterocycles. The van der Waals surface area contributed by atoms with Crippen molar-refractivity contribution in [3.8, 4) is 0 Å². The van der Waals surface area contributed by atoms with Gasteiger partial charge >= 0.3 is 11.9 Å². The van der Waals surface area contributed by atoms with Crippen LogP contribution < -0.4 is 0 Å². The van der Waals surface area contributed by atoms with Crippen molar-refractivity contribution in [3.63, 3.8) is 0 Å². The Hall–Kier alpha value is -1.38. The lowest BCUT2D eigenvalue weighted by atomic mass is 9.61. The molecule has 1 aromatic rings. The molecule has 2 rings (SSSR count). The average Bonchev–Trinajstić information content (AvgIpc) is 2.46. The first-order chi connectivity index (χ1) is 12.0. The monoisotopic (exact) mass is 444 g/mol. The van der Waals surface area contributed by atoms with Crippen LogP contribution >= 0.6 is 27.5 Å². The van der Waals surface area contributed by atoms with Crippen molar-refractivity contribution in [2.45, 2.75) is 39.2 Å². The van der Waals surface area contributed by atoms with Gasteiger partial charge in [-0.25, -0.2) is 0 Å². The summed E-state index contributed by atoms with van der Waals surface area (Å²) in [4.78, 5) is 37.2. The third kappa shape index (κ3) is 5.08. The zero-order valence-corrected chi connectivity index (χ0v) is 17.0. The summed E-state index contributed by atoms with van der Waals surface area (Å²) in [5, 5.41) is 10.2. The quantitative estimate of drug-likeness (QED) is 0.411. The number of ketones is 1. The highest BCUT2D eigenvalue weighted by atomic mass is 79.9. The minimum Gasteiger partial charge on any atom is -0.451 e. The van der Waals surface area contributed by atoms with E-state index in [1.807, 2.05) is 0 Å². The number of benzene rings is 1. The molecule has 0 aromatic heterocycles. The summed E-state index contributed by atoms with van der Waals surface area (Å²) in [6.45, 7) is 3.56. The first kappa shape index (κ1) is 20.9. The molecule has 1 aliphatic heterocycles. The second-order valence-electron chi connectivity index (χ2n) is 6.80. The summed E-state index contributed by atoms with van der Waals surface area (Å²) in [5.74, 6) is -6.36. The molecular formula is C17H19BBrClO6. The number of hydrogen-bond acceptors (Lipinski definition) is 6. The van der Waals surface area contributed by atoms with E-state index >= 15 is 0 Å². The summed E-state index contributed by atoms with van der Waals surface area (Å²) in [5.41, 5.74) is 0.673. The Morgan fingerprint density at radius 3 is 2.42 bits per heavy atom. The van der Waals surface area contributed by atoms with E-state index in [1.54, 1.807) is 18.2 Å². The Balaban J connectivity index is 2.27. The zero-order valence-electron chi connectivity index (χ0n) is 14.6. The molecular weight excluding hydrogens is 426 g/mol. The van der Waals surface area contributed by atoms with Crippen molar-refractivity contribution in [3.05, 3.63) is 33.3 Å². The van der Waals surface area contributed by atoms with Gasteiger partial charge in [-0.3, -0.25) is 14.4 Å². The summed E-state index contributed by atoms with van der Waals surface area (Å²) in [6.07, 6.45) is 0.252. The maximum Gasteiger partial charge on any atom is 0.331 e. The van der Waals surface area contributed by atoms with E-state index < -0.39 is 42.3 Å². The third-order valence-electron chi connectivity index (χ3n) is 3.96. The Morgan fingerprint density at radius 1 is 1.35 bits per heavy atom. The van der Waals surface area contributed by atoms with Crippen molar-refractivity contribution in [2.75, 3.05) is 0 Å². The van der Waals surface area contributed by atoms with Crippen LogP contribution in [0.2, 0.25) is 18.2 Å². The summed E-state index contributed by atoms with van der Waals surface area (Å²) in [7, 11) is 0. The fourth-order valence-corrected chi connectivity index (χ4v) is 3.60. The van der Waals surface area contributed by atoms with E-state index in [4.69, 9.17) is 21.1 Å². The van der Waals surface area contributed by atoms with Gasteiger partial charge in [-0.15, -0.1) is 0 Å². The maximum absolute atomic E-state index is 12.9. The van der Waals surface area contributed by atoms with Gasteiger partial charge < -0.3 is 14.5 Å². The van der Waals surface area contributed by atoms with Crippen molar-refractivity contribution >= 4 is 52.2 Å². The van der Waals surface area contributed by atoms with Crippen LogP contribution in [0.3, 0.4) is 0 Å². The summed E-state index contributed by atoms with van der Waals surface area (Å²) in [6, 6.07) is 5.21. The first-order valence-electron chi connectivity index (χ1n) is 8.11. The van der Waals surface area contributed by atoms with Gasteiger partial charge in [0, 0.05) is 29.3 Å². The molecule has 1 atom stereocenters. The number of carbonyl (C=O) groups is 3.